The number of benzene rings is 2. The van der Waals surface area contributed by atoms with Gasteiger partial charge in [0.1, 0.15) is 18.0 Å². The van der Waals surface area contributed by atoms with E-state index in [0.717, 1.165) is 23.7 Å². The molecule has 3 aromatic rings. The third kappa shape index (κ3) is 3.92. The van der Waals surface area contributed by atoms with E-state index >= 15 is 0 Å². The number of aromatic nitrogens is 2. The van der Waals surface area contributed by atoms with E-state index in [2.05, 4.69) is 27.1 Å². The van der Waals surface area contributed by atoms with Gasteiger partial charge in [-0.05, 0) is 43.3 Å². The zero-order valence-corrected chi connectivity index (χ0v) is 13.8. The Bertz CT molecular complexity index is 851. The molecule has 3 rings (SSSR count). The molecule has 0 atom stereocenters. The molecule has 0 aliphatic heterocycles. The SMILES string of the molecule is CCN(c1ccccc1)c1cc(Nc2ccc(C(=O)O)cc2)ncn1. The molecule has 0 unspecified atom stereocenters. The van der Waals surface area contributed by atoms with E-state index in [1.54, 1.807) is 24.3 Å². The molecular formula is C19H18N4O2. The minimum absolute atomic E-state index is 0.246. The molecular weight excluding hydrogens is 316 g/mol. The van der Waals surface area contributed by atoms with Crippen LogP contribution >= 0.6 is 0 Å². The summed E-state index contributed by atoms with van der Waals surface area (Å²) in [5.74, 6) is 0.480. The molecule has 6 heteroatoms. The van der Waals surface area contributed by atoms with E-state index < -0.39 is 5.97 Å². The van der Waals surface area contributed by atoms with Crippen molar-refractivity contribution in [3.8, 4) is 0 Å². The maximum absolute atomic E-state index is 10.9. The molecule has 0 amide bonds. The summed E-state index contributed by atoms with van der Waals surface area (Å²) in [6.07, 6.45) is 1.51. The first-order chi connectivity index (χ1) is 12.2. The van der Waals surface area contributed by atoms with Crippen molar-refractivity contribution in [2.45, 2.75) is 6.92 Å². The van der Waals surface area contributed by atoms with Crippen molar-refractivity contribution < 1.29 is 9.90 Å². The predicted octanol–water partition coefficient (Wildman–Crippen LogP) is 4.08. The topological polar surface area (TPSA) is 78.4 Å². The summed E-state index contributed by atoms with van der Waals surface area (Å²) in [5, 5.41) is 12.1. The first-order valence-corrected chi connectivity index (χ1v) is 7.92. The number of nitrogens with zero attached hydrogens (tertiary/aromatic N) is 3. The van der Waals surface area contributed by atoms with Gasteiger partial charge in [0.25, 0.3) is 0 Å². The van der Waals surface area contributed by atoms with E-state index in [1.807, 2.05) is 36.4 Å². The van der Waals surface area contributed by atoms with Crippen molar-refractivity contribution in [3.05, 3.63) is 72.6 Å². The van der Waals surface area contributed by atoms with Crippen molar-refractivity contribution in [2.24, 2.45) is 0 Å². The summed E-state index contributed by atoms with van der Waals surface area (Å²) >= 11 is 0. The fraction of sp³-hybridized carbons (Fsp3) is 0.105. The Hall–Kier alpha value is -3.41. The van der Waals surface area contributed by atoms with Crippen LogP contribution in [0.1, 0.15) is 17.3 Å². The third-order valence-electron chi connectivity index (χ3n) is 3.72. The van der Waals surface area contributed by atoms with Crippen molar-refractivity contribution >= 4 is 29.0 Å². The molecule has 2 aromatic carbocycles. The Labute approximate surface area is 145 Å². The number of carboxylic acid groups (broad SMARTS) is 1. The van der Waals surface area contributed by atoms with Gasteiger partial charge in [-0.25, -0.2) is 14.8 Å². The third-order valence-corrected chi connectivity index (χ3v) is 3.72. The number of carboxylic acids is 1. The zero-order chi connectivity index (χ0) is 17.6. The van der Waals surface area contributed by atoms with Gasteiger partial charge in [-0.15, -0.1) is 0 Å². The molecule has 25 heavy (non-hydrogen) atoms. The monoisotopic (exact) mass is 334 g/mol. The van der Waals surface area contributed by atoms with Gasteiger partial charge in [0.05, 0.1) is 5.56 Å². The smallest absolute Gasteiger partial charge is 0.335 e. The van der Waals surface area contributed by atoms with Crippen LogP contribution in [0.15, 0.2) is 67.0 Å². The number of nitrogens with one attached hydrogen (secondary N) is 1. The summed E-state index contributed by atoms with van der Waals surface area (Å²) in [6.45, 7) is 2.83. The van der Waals surface area contributed by atoms with Crippen LogP contribution in [-0.4, -0.2) is 27.6 Å². The number of hydrogen-bond donors (Lipinski definition) is 2. The number of para-hydroxylation sites is 1. The van der Waals surface area contributed by atoms with Crippen molar-refractivity contribution in [3.63, 3.8) is 0 Å². The van der Waals surface area contributed by atoms with Gasteiger partial charge in [0, 0.05) is 24.0 Å². The number of carbonyl (C=O) groups is 1. The Morgan fingerprint density at radius 3 is 2.44 bits per heavy atom. The average molecular weight is 334 g/mol. The molecule has 126 valence electrons. The summed E-state index contributed by atoms with van der Waals surface area (Å²) in [7, 11) is 0. The second kappa shape index (κ2) is 7.44. The molecule has 1 aromatic heterocycles. The second-order valence-electron chi connectivity index (χ2n) is 5.35. The van der Waals surface area contributed by atoms with Crippen molar-refractivity contribution in [1.82, 2.24) is 9.97 Å². The van der Waals surface area contributed by atoms with Crippen LogP contribution in [0, 0.1) is 0 Å². The predicted molar refractivity (Wildman–Crippen MR) is 97.8 cm³/mol. The molecule has 0 radical (unpaired) electrons. The van der Waals surface area contributed by atoms with Gasteiger partial charge in [-0.3, -0.25) is 0 Å². The highest BCUT2D eigenvalue weighted by atomic mass is 16.4. The van der Waals surface area contributed by atoms with Gasteiger partial charge in [-0.2, -0.15) is 0 Å². The van der Waals surface area contributed by atoms with Crippen molar-refractivity contribution in [2.75, 3.05) is 16.8 Å². The van der Waals surface area contributed by atoms with E-state index in [-0.39, 0.29) is 5.56 Å². The summed E-state index contributed by atoms with van der Waals surface area (Å²) in [4.78, 5) is 21.6. The van der Waals surface area contributed by atoms with E-state index in [4.69, 9.17) is 5.11 Å². The van der Waals surface area contributed by atoms with E-state index in [1.165, 1.54) is 6.33 Å². The molecule has 0 saturated carbocycles. The van der Waals surface area contributed by atoms with Crippen LogP contribution in [0.3, 0.4) is 0 Å². The van der Waals surface area contributed by atoms with Gasteiger partial charge in [-0.1, -0.05) is 18.2 Å². The molecule has 1 heterocycles. The standard InChI is InChI=1S/C19H18N4O2/c1-2-23(16-6-4-3-5-7-16)18-12-17(20-13-21-18)22-15-10-8-14(9-11-15)19(24)25/h3-13H,2H2,1H3,(H,24,25)(H,20,21,22). The molecule has 0 bridgehead atoms. The van der Waals surface area contributed by atoms with E-state index in [0.29, 0.717) is 5.82 Å². The lowest BCUT2D eigenvalue weighted by atomic mass is 10.2. The number of rotatable bonds is 6. The minimum atomic E-state index is -0.947. The lowest BCUT2D eigenvalue weighted by Crippen LogP contribution is -2.17. The highest BCUT2D eigenvalue weighted by Gasteiger charge is 2.10. The molecule has 6 nitrogen and oxygen atoms in total. The van der Waals surface area contributed by atoms with Crippen LogP contribution in [0.4, 0.5) is 23.0 Å². The highest BCUT2D eigenvalue weighted by molar-refractivity contribution is 5.88. The quantitative estimate of drug-likeness (QED) is 0.707. The maximum Gasteiger partial charge on any atom is 0.335 e. The lowest BCUT2D eigenvalue weighted by Gasteiger charge is -2.22. The Morgan fingerprint density at radius 1 is 1.08 bits per heavy atom. The second-order valence-corrected chi connectivity index (χ2v) is 5.35. The number of aromatic carboxylic acids is 1. The Balaban J connectivity index is 1.82. The van der Waals surface area contributed by atoms with E-state index in [9.17, 15) is 4.79 Å². The number of hydrogen-bond acceptors (Lipinski definition) is 5. The Kier molecular flexibility index (Phi) is 4.89. The number of anilines is 4. The van der Waals surface area contributed by atoms with Gasteiger partial charge in [0.15, 0.2) is 0 Å². The van der Waals surface area contributed by atoms with Gasteiger partial charge in [0.2, 0.25) is 0 Å². The molecule has 2 N–H and O–H groups in total. The largest absolute Gasteiger partial charge is 0.478 e. The van der Waals surface area contributed by atoms with Gasteiger partial charge >= 0.3 is 5.97 Å². The zero-order valence-electron chi connectivity index (χ0n) is 13.8. The lowest BCUT2D eigenvalue weighted by molar-refractivity contribution is 0.0697. The van der Waals surface area contributed by atoms with Crippen LogP contribution in [0.5, 0.6) is 0 Å². The first-order valence-electron chi connectivity index (χ1n) is 7.92. The maximum atomic E-state index is 10.9. The Morgan fingerprint density at radius 2 is 1.80 bits per heavy atom. The van der Waals surface area contributed by atoms with Crippen LogP contribution in [-0.2, 0) is 0 Å². The van der Waals surface area contributed by atoms with Crippen LogP contribution < -0.4 is 10.2 Å². The van der Waals surface area contributed by atoms with Crippen molar-refractivity contribution in [1.29, 1.82) is 0 Å². The summed E-state index contributed by atoms with van der Waals surface area (Å²) in [5.41, 5.74) is 2.06. The van der Waals surface area contributed by atoms with Crippen LogP contribution in [0.25, 0.3) is 0 Å². The molecule has 0 fully saturated rings. The van der Waals surface area contributed by atoms with Gasteiger partial charge < -0.3 is 15.3 Å². The molecule has 0 aliphatic rings. The molecule has 0 aliphatic carbocycles. The average Bonchev–Trinajstić information content (AvgIpc) is 2.64. The normalized spacial score (nSPS) is 10.3. The highest BCUT2D eigenvalue weighted by Crippen LogP contribution is 2.25. The summed E-state index contributed by atoms with van der Waals surface area (Å²) in [6, 6.07) is 18.4. The fourth-order valence-corrected chi connectivity index (χ4v) is 2.49. The minimum Gasteiger partial charge on any atom is -0.478 e. The van der Waals surface area contributed by atoms with Crippen LogP contribution in [0.2, 0.25) is 0 Å². The summed E-state index contributed by atoms with van der Waals surface area (Å²) < 4.78 is 0. The molecule has 0 saturated heterocycles. The molecule has 0 spiro atoms. The fourth-order valence-electron chi connectivity index (χ4n) is 2.49. The first kappa shape index (κ1) is 16.4.